The molecule has 6 nitrogen and oxygen atoms in total. The summed E-state index contributed by atoms with van der Waals surface area (Å²) in [6, 6.07) is 8.77. The van der Waals surface area contributed by atoms with Crippen molar-refractivity contribution in [2.45, 2.75) is 26.4 Å². The van der Waals surface area contributed by atoms with Crippen LogP contribution in [0.25, 0.3) is 11.3 Å². The van der Waals surface area contributed by atoms with Crippen LogP contribution < -0.4 is 11.1 Å². The summed E-state index contributed by atoms with van der Waals surface area (Å²) in [5, 5.41) is 6.32. The summed E-state index contributed by atoms with van der Waals surface area (Å²) in [7, 11) is 0. The van der Waals surface area contributed by atoms with Gasteiger partial charge in [-0.3, -0.25) is 5.32 Å². The summed E-state index contributed by atoms with van der Waals surface area (Å²) in [4.78, 5) is 11.8. The van der Waals surface area contributed by atoms with E-state index in [-0.39, 0.29) is 5.82 Å². The van der Waals surface area contributed by atoms with Crippen molar-refractivity contribution in [1.29, 1.82) is 0 Å². The Morgan fingerprint density at radius 2 is 2.05 bits per heavy atom. The van der Waals surface area contributed by atoms with E-state index in [1.54, 1.807) is 45.0 Å². The first-order valence-corrected chi connectivity index (χ1v) is 6.17. The fourth-order valence-electron chi connectivity index (χ4n) is 1.64. The second-order valence-electron chi connectivity index (χ2n) is 5.29. The molecule has 1 heterocycles. The molecular weight excluding hydrogens is 258 g/mol. The van der Waals surface area contributed by atoms with Crippen molar-refractivity contribution in [3.05, 3.63) is 30.3 Å². The summed E-state index contributed by atoms with van der Waals surface area (Å²) in [6.07, 6.45) is -0.530. The number of anilines is 2. The van der Waals surface area contributed by atoms with Crippen LogP contribution in [0.2, 0.25) is 0 Å². The van der Waals surface area contributed by atoms with Gasteiger partial charge in [0.05, 0.1) is 5.69 Å². The number of benzene rings is 1. The van der Waals surface area contributed by atoms with E-state index in [2.05, 4.69) is 10.5 Å². The minimum absolute atomic E-state index is 0.284. The van der Waals surface area contributed by atoms with E-state index in [9.17, 15) is 4.79 Å². The Labute approximate surface area is 116 Å². The maximum Gasteiger partial charge on any atom is 0.412 e. The lowest BCUT2D eigenvalue weighted by molar-refractivity contribution is 0.0636. The predicted molar refractivity (Wildman–Crippen MR) is 76.2 cm³/mol. The molecule has 0 atom stereocenters. The Bertz CT molecular complexity index is 614. The topological polar surface area (TPSA) is 90.4 Å². The van der Waals surface area contributed by atoms with Gasteiger partial charge in [-0.25, -0.2) is 4.79 Å². The fourth-order valence-corrected chi connectivity index (χ4v) is 1.64. The van der Waals surface area contributed by atoms with Crippen LogP contribution >= 0.6 is 0 Å². The number of carbonyl (C=O) groups excluding carboxylic acids is 1. The Hall–Kier alpha value is -2.50. The highest BCUT2D eigenvalue weighted by molar-refractivity contribution is 5.90. The molecule has 0 fully saturated rings. The van der Waals surface area contributed by atoms with Gasteiger partial charge >= 0.3 is 6.09 Å². The summed E-state index contributed by atoms with van der Waals surface area (Å²) in [5.41, 5.74) is 6.22. The van der Waals surface area contributed by atoms with Crippen molar-refractivity contribution in [2.24, 2.45) is 0 Å². The maximum absolute atomic E-state index is 11.8. The normalized spacial score (nSPS) is 11.2. The molecule has 0 aliphatic carbocycles. The van der Waals surface area contributed by atoms with Crippen molar-refractivity contribution < 1.29 is 14.1 Å². The van der Waals surface area contributed by atoms with E-state index in [1.807, 2.05) is 6.07 Å². The van der Waals surface area contributed by atoms with Crippen LogP contribution in [0.15, 0.2) is 34.9 Å². The van der Waals surface area contributed by atoms with E-state index >= 15 is 0 Å². The van der Waals surface area contributed by atoms with Crippen molar-refractivity contribution in [3.8, 4) is 11.3 Å². The van der Waals surface area contributed by atoms with E-state index in [1.165, 1.54) is 0 Å². The molecule has 20 heavy (non-hydrogen) atoms. The lowest BCUT2D eigenvalue weighted by Crippen LogP contribution is -2.27. The molecule has 0 unspecified atom stereocenters. The standard InChI is InChI=1S/C14H17N3O3/c1-14(2,3)19-13(18)16-10-7-5-4-6-9(10)11-8-12(15)17-20-11/h4-8H,1-3H3,(H2,15,17)(H,16,18). The Balaban J connectivity index is 2.23. The number of nitrogen functional groups attached to an aromatic ring is 1. The van der Waals surface area contributed by atoms with Crippen molar-refractivity contribution in [2.75, 3.05) is 11.1 Å². The Kier molecular flexibility index (Phi) is 3.65. The van der Waals surface area contributed by atoms with Gasteiger partial charge in [-0.15, -0.1) is 0 Å². The number of nitrogens with one attached hydrogen (secondary N) is 1. The molecule has 0 bridgehead atoms. The van der Waals surface area contributed by atoms with Gasteiger partial charge in [0, 0.05) is 11.6 Å². The lowest BCUT2D eigenvalue weighted by atomic mass is 10.1. The maximum atomic E-state index is 11.8. The van der Waals surface area contributed by atoms with Gasteiger partial charge in [0.2, 0.25) is 0 Å². The zero-order valence-electron chi connectivity index (χ0n) is 11.6. The number of aromatic nitrogens is 1. The highest BCUT2D eigenvalue weighted by Crippen LogP contribution is 2.29. The van der Waals surface area contributed by atoms with Gasteiger partial charge in [-0.2, -0.15) is 0 Å². The monoisotopic (exact) mass is 275 g/mol. The van der Waals surface area contributed by atoms with E-state index in [0.717, 1.165) is 0 Å². The molecule has 106 valence electrons. The van der Waals surface area contributed by atoms with E-state index in [0.29, 0.717) is 17.0 Å². The average Bonchev–Trinajstić information content (AvgIpc) is 2.74. The van der Waals surface area contributed by atoms with Crippen LogP contribution in [-0.2, 0) is 4.74 Å². The molecule has 0 aliphatic heterocycles. The second-order valence-corrected chi connectivity index (χ2v) is 5.29. The summed E-state index contributed by atoms with van der Waals surface area (Å²) < 4.78 is 10.3. The third kappa shape index (κ3) is 3.50. The summed E-state index contributed by atoms with van der Waals surface area (Å²) in [6.45, 7) is 5.40. The lowest BCUT2D eigenvalue weighted by Gasteiger charge is -2.20. The molecule has 0 radical (unpaired) electrons. The highest BCUT2D eigenvalue weighted by Gasteiger charge is 2.18. The van der Waals surface area contributed by atoms with Crippen LogP contribution in [0.1, 0.15) is 20.8 Å². The first-order chi connectivity index (χ1) is 9.35. The smallest absolute Gasteiger partial charge is 0.412 e. The third-order valence-electron chi connectivity index (χ3n) is 2.36. The number of ether oxygens (including phenoxy) is 1. The Morgan fingerprint density at radius 3 is 2.65 bits per heavy atom. The van der Waals surface area contributed by atoms with Crippen LogP contribution in [-0.4, -0.2) is 16.9 Å². The molecule has 3 N–H and O–H groups in total. The molecule has 0 saturated heterocycles. The van der Waals surface area contributed by atoms with Gasteiger partial charge in [-0.05, 0) is 32.9 Å². The molecule has 0 saturated carbocycles. The summed E-state index contributed by atoms with van der Waals surface area (Å²) >= 11 is 0. The number of para-hydroxylation sites is 1. The number of hydrogen-bond donors (Lipinski definition) is 2. The fraction of sp³-hybridized carbons (Fsp3) is 0.286. The number of nitrogens with zero attached hydrogens (tertiary/aromatic N) is 1. The van der Waals surface area contributed by atoms with Crippen molar-refractivity contribution >= 4 is 17.6 Å². The van der Waals surface area contributed by atoms with Crippen molar-refractivity contribution in [1.82, 2.24) is 5.16 Å². The Morgan fingerprint density at radius 1 is 1.35 bits per heavy atom. The quantitative estimate of drug-likeness (QED) is 0.877. The minimum Gasteiger partial charge on any atom is -0.444 e. The number of hydrogen-bond acceptors (Lipinski definition) is 5. The molecule has 0 aliphatic rings. The first kappa shape index (κ1) is 13.9. The molecule has 6 heteroatoms. The zero-order valence-corrected chi connectivity index (χ0v) is 11.6. The molecule has 1 aromatic carbocycles. The predicted octanol–water partition coefficient (Wildman–Crippen LogP) is 3.27. The second kappa shape index (κ2) is 5.24. The molecule has 2 aromatic rings. The largest absolute Gasteiger partial charge is 0.444 e. The molecule has 1 amide bonds. The van der Waals surface area contributed by atoms with Crippen LogP contribution in [0, 0.1) is 0 Å². The third-order valence-corrected chi connectivity index (χ3v) is 2.36. The first-order valence-electron chi connectivity index (χ1n) is 6.17. The van der Waals surface area contributed by atoms with E-state index < -0.39 is 11.7 Å². The molecule has 2 rings (SSSR count). The van der Waals surface area contributed by atoms with Crippen LogP contribution in [0.3, 0.4) is 0 Å². The van der Waals surface area contributed by atoms with Gasteiger partial charge in [0.25, 0.3) is 0 Å². The number of rotatable bonds is 2. The van der Waals surface area contributed by atoms with Gasteiger partial charge in [-0.1, -0.05) is 17.3 Å². The van der Waals surface area contributed by atoms with Gasteiger partial charge < -0.3 is 15.0 Å². The highest BCUT2D eigenvalue weighted by atomic mass is 16.6. The number of amides is 1. The van der Waals surface area contributed by atoms with Gasteiger partial charge in [0.1, 0.15) is 5.60 Å². The SMILES string of the molecule is CC(C)(C)OC(=O)Nc1ccccc1-c1cc(N)no1. The zero-order chi connectivity index (χ0) is 14.8. The average molecular weight is 275 g/mol. The number of nitrogens with two attached hydrogens (primary N) is 1. The minimum atomic E-state index is -0.560. The van der Waals surface area contributed by atoms with Gasteiger partial charge in [0.15, 0.2) is 11.6 Å². The molecular formula is C14H17N3O3. The molecule has 1 aromatic heterocycles. The van der Waals surface area contributed by atoms with E-state index in [4.69, 9.17) is 15.0 Å². The summed E-state index contributed by atoms with van der Waals surface area (Å²) in [5.74, 6) is 0.765. The van der Waals surface area contributed by atoms with Crippen LogP contribution in [0.4, 0.5) is 16.3 Å². The number of carbonyl (C=O) groups is 1. The van der Waals surface area contributed by atoms with Crippen LogP contribution in [0.5, 0.6) is 0 Å². The molecule has 0 spiro atoms. The van der Waals surface area contributed by atoms with Crippen molar-refractivity contribution in [3.63, 3.8) is 0 Å².